The van der Waals surface area contributed by atoms with Gasteiger partial charge in [-0.3, -0.25) is 4.79 Å². The van der Waals surface area contributed by atoms with E-state index in [0.717, 1.165) is 10.9 Å². The molecular formula is C21H24N4O3. The van der Waals surface area contributed by atoms with Gasteiger partial charge in [0, 0.05) is 19.3 Å². The smallest absolute Gasteiger partial charge is 0.275 e. The zero-order valence-electron chi connectivity index (χ0n) is 15.6. The Balaban J connectivity index is 1.58. The lowest BCUT2D eigenvalue weighted by molar-refractivity contribution is 0.0178. The highest BCUT2D eigenvalue weighted by atomic mass is 16.3. The zero-order valence-corrected chi connectivity index (χ0v) is 15.6. The Hall–Kier alpha value is -2.77. The molecule has 146 valence electrons. The van der Waals surface area contributed by atoms with Crippen molar-refractivity contribution in [2.75, 3.05) is 19.7 Å². The number of carbonyl (C=O) groups is 1. The Bertz CT molecular complexity index is 949. The van der Waals surface area contributed by atoms with E-state index in [2.05, 4.69) is 10.1 Å². The molecule has 7 heteroatoms. The van der Waals surface area contributed by atoms with Gasteiger partial charge in [0.15, 0.2) is 11.3 Å². The lowest BCUT2D eigenvalue weighted by Crippen LogP contribution is -2.42. The van der Waals surface area contributed by atoms with Gasteiger partial charge in [-0.25, -0.2) is 9.67 Å². The number of amides is 1. The van der Waals surface area contributed by atoms with E-state index in [9.17, 15) is 9.90 Å². The number of nitrogens with zero attached hydrogens (tertiary/aromatic N) is 4. The number of pyridine rings is 1. The Labute approximate surface area is 163 Å². The number of hydrogen-bond acceptors (Lipinski definition) is 5. The van der Waals surface area contributed by atoms with E-state index in [-0.39, 0.29) is 18.4 Å². The molecule has 28 heavy (non-hydrogen) atoms. The maximum atomic E-state index is 13.1. The zero-order chi connectivity index (χ0) is 19.5. The lowest BCUT2D eigenvalue weighted by atomic mass is 9.91. The number of aliphatic hydroxyl groups is 2. The Morgan fingerprint density at radius 3 is 2.61 bits per heavy atom. The molecule has 2 N–H and O–H groups in total. The van der Waals surface area contributed by atoms with Crippen molar-refractivity contribution in [1.29, 1.82) is 0 Å². The standard InChI is InChI=1S/C21H24N4O3/c26-14-18(27)16-8-11-24(12-9-16)21(28)19-17-7-4-10-22-20(17)25(23-19)13-15-5-2-1-3-6-15/h1-7,10,16,18,26-27H,8-9,11-14H2. The molecule has 1 aliphatic rings. The van der Waals surface area contributed by atoms with Gasteiger partial charge in [0.05, 0.1) is 24.6 Å². The van der Waals surface area contributed by atoms with Crippen LogP contribution in [0.25, 0.3) is 11.0 Å². The fourth-order valence-electron chi connectivity index (χ4n) is 3.82. The summed E-state index contributed by atoms with van der Waals surface area (Å²) in [5, 5.41) is 24.3. The van der Waals surface area contributed by atoms with Crippen molar-refractivity contribution in [3.63, 3.8) is 0 Å². The molecule has 0 bridgehead atoms. The van der Waals surface area contributed by atoms with Crippen molar-refractivity contribution >= 4 is 16.9 Å². The molecule has 1 aromatic carbocycles. The van der Waals surface area contributed by atoms with Gasteiger partial charge in [-0.15, -0.1) is 0 Å². The largest absolute Gasteiger partial charge is 0.394 e. The summed E-state index contributed by atoms with van der Waals surface area (Å²) in [5.74, 6) is -0.0788. The van der Waals surface area contributed by atoms with E-state index >= 15 is 0 Å². The van der Waals surface area contributed by atoms with Gasteiger partial charge >= 0.3 is 0 Å². The molecule has 0 radical (unpaired) electrons. The first-order chi connectivity index (χ1) is 13.7. The number of piperidine rings is 1. The Kier molecular flexibility index (Phi) is 5.36. The summed E-state index contributed by atoms with van der Waals surface area (Å²) in [7, 11) is 0. The molecule has 1 atom stereocenters. The molecule has 7 nitrogen and oxygen atoms in total. The lowest BCUT2D eigenvalue weighted by Gasteiger charge is -2.33. The van der Waals surface area contributed by atoms with Gasteiger partial charge < -0.3 is 15.1 Å². The average molecular weight is 380 g/mol. The molecule has 0 aliphatic carbocycles. The maximum Gasteiger partial charge on any atom is 0.275 e. The molecule has 1 saturated heterocycles. The van der Waals surface area contributed by atoms with Crippen LogP contribution in [0.5, 0.6) is 0 Å². The van der Waals surface area contributed by atoms with Crippen LogP contribution in [0, 0.1) is 5.92 Å². The van der Waals surface area contributed by atoms with Gasteiger partial charge in [0.25, 0.3) is 5.91 Å². The second-order valence-corrected chi connectivity index (χ2v) is 7.25. The van der Waals surface area contributed by atoms with Crippen LogP contribution in [0.2, 0.25) is 0 Å². The number of likely N-dealkylation sites (tertiary alicyclic amines) is 1. The van der Waals surface area contributed by atoms with Gasteiger partial charge in [0.2, 0.25) is 0 Å². The van der Waals surface area contributed by atoms with Crippen LogP contribution in [0.15, 0.2) is 48.7 Å². The van der Waals surface area contributed by atoms with Crippen LogP contribution in [0.4, 0.5) is 0 Å². The van der Waals surface area contributed by atoms with Crippen molar-refractivity contribution in [3.05, 3.63) is 59.9 Å². The van der Waals surface area contributed by atoms with Crippen molar-refractivity contribution in [2.24, 2.45) is 5.92 Å². The molecular weight excluding hydrogens is 356 g/mol. The summed E-state index contributed by atoms with van der Waals surface area (Å²) >= 11 is 0. The van der Waals surface area contributed by atoms with E-state index in [0.29, 0.717) is 43.8 Å². The van der Waals surface area contributed by atoms with E-state index in [4.69, 9.17) is 5.11 Å². The second kappa shape index (κ2) is 8.08. The van der Waals surface area contributed by atoms with Crippen molar-refractivity contribution in [1.82, 2.24) is 19.7 Å². The normalized spacial score (nSPS) is 16.4. The van der Waals surface area contributed by atoms with E-state index in [1.807, 2.05) is 42.5 Å². The highest BCUT2D eigenvalue weighted by Crippen LogP contribution is 2.24. The minimum Gasteiger partial charge on any atom is -0.394 e. The summed E-state index contributed by atoms with van der Waals surface area (Å²) in [4.78, 5) is 19.4. The summed E-state index contributed by atoms with van der Waals surface area (Å²) in [5.41, 5.74) is 2.20. The third kappa shape index (κ3) is 3.63. The van der Waals surface area contributed by atoms with Gasteiger partial charge in [-0.2, -0.15) is 5.10 Å². The predicted molar refractivity (Wildman–Crippen MR) is 105 cm³/mol. The third-order valence-electron chi connectivity index (χ3n) is 5.44. The Morgan fingerprint density at radius 1 is 1.14 bits per heavy atom. The van der Waals surface area contributed by atoms with Gasteiger partial charge in [0.1, 0.15) is 0 Å². The molecule has 1 fully saturated rings. The SMILES string of the molecule is O=C(c1nn(Cc2ccccc2)c2ncccc12)N1CCC(C(O)CO)CC1. The van der Waals surface area contributed by atoms with Crippen molar-refractivity contribution in [2.45, 2.75) is 25.5 Å². The third-order valence-corrected chi connectivity index (χ3v) is 5.44. The summed E-state index contributed by atoms with van der Waals surface area (Å²) in [6, 6.07) is 13.7. The quantitative estimate of drug-likeness (QED) is 0.703. The number of fused-ring (bicyclic) bond motifs is 1. The van der Waals surface area contributed by atoms with E-state index < -0.39 is 6.10 Å². The van der Waals surface area contributed by atoms with Crippen LogP contribution < -0.4 is 0 Å². The van der Waals surface area contributed by atoms with E-state index in [1.165, 1.54) is 0 Å². The number of rotatable bonds is 5. The molecule has 2 aromatic heterocycles. The fraction of sp³-hybridized carbons (Fsp3) is 0.381. The first kappa shape index (κ1) is 18.6. The van der Waals surface area contributed by atoms with Crippen LogP contribution in [0.3, 0.4) is 0 Å². The average Bonchev–Trinajstić information content (AvgIpc) is 3.12. The summed E-state index contributed by atoms with van der Waals surface area (Å²) in [6.45, 7) is 1.41. The molecule has 1 aliphatic heterocycles. The maximum absolute atomic E-state index is 13.1. The molecule has 1 unspecified atom stereocenters. The first-order valence-electron chi connectivity index (χ1n) is 9.61. The number of benzene rings is 1. The van der Waals surface area contributed by atoms with Crippen molar-refractivity contribution < 1.29 is 15.0 Å². The molecule has 3 aromatic rings. The second-order valence-electron chi connectivity index (χ2n) is 7.25. The topological polar surface area (TPSA) is 91.5 Å². The van der Waals surface area contributed by atoms with Gasteiger partial charge in [-0.05, 0) is 36.5 Å². The monoisotopic (exact) mass is 380 g/mol. The van der Waals surface area contributed by atoms with Crippen molar-refractivity contribution in [3.8, 4) is 0 Å². The molecule has 1 amide bonds. The number of aromatic nitrogens is 3. The highest BCUT2D eigenvalue weighted by Gasteiger charge is 2.29. The Morgan fingerprint density at radius 2 is 1.89 bits per heavy atom. The van der Waals surface area contributed by atoms with Gasteiger partial charge in [-0.1, -0.05) is 30.3 Å². The number of hydrogen-bond donors (Lipinski definition) is 2. The minimum absolute atomic E-state index is 0.0306. The molecule has 0 spiro atoms. The molecule has 3 heterocycles. The van der Waals surface area contributed by atoms with Crippen LogP contribution >= 0.6 is 0 Å². The molecule has 4 rings (SSSR count). The van der Waals surface area contributed by atoms with Crippen LogP contribution in [0.1, 0.15) is 28.9 Å². The number of carbonyl (C=O) groups excluding carboxylic acids is 1. The first-order valence-corrected chi connectivity index (χ1v) is 9.61. The highest BCUT2D eigenvalue weighted by molar-refractivity contribution is 6.04. The summed E-state index contributed by atoms with van der Waals surface area (Å²) in [6.07, 6.45) is 2.34. The van der Waals surface area contributed by atoms with E-state index in [1.54, 1.807) is 15.8 Å². The summed E-state index contributed by atoms with van der Waals surface area (Å²) < 4.78 is 1.78. The van der Waals surface area contributed by atoms with Crippen LogP contribution in [-0.4, -0.2) is 61.6 Å². The molecule has 0 saturated carbocycles. The fourth-order valence-corrected chi connectivity index (χ4v) is 3.82. The van der Waals surface area contributed by atoms with Crippen LogP contribution in [-0.2, 0) is 6.54 Å². The number of aliphatic hydroxyl groups excluding tert-OH is 2. The minimum atomic E-state index is -0.715. The predicted octanol–water partition coefficient (Wildman–Crippen LogP) is 1.68.